The highest BCUT2D eigenvalue weighted by Crippen LogP contribution is 2.34. The van der Waals surface area contributed by atoms with Gasteiger partial charge in [0.15, 0.2) is 0 Å². The molecule has 0 saturated carbocycles. The molecule has 1 atom stereocenters. The maximum atomic E-state index is 13.5. The molecule has 2 nitrogen and oxygen atoms in total. The molecule has 0 aromatic heterocycles. The first-order valence-electron chi connectivity index (χ1n) is 6.64. The van der Waals surface area contributed by atoms with E-state index in [0.29, 0.717) is 21.5 Å². The van der Waals surface area contributed by atoms with Crippen molar-refractivity contribution in [2.24, 2.45) is 0 Å². The predicted molar refractivity (Wildman–Crippen MR) is 85.0 cm³/mol. The molecule has 0 spiro atoms. The number of hydrogen-bond acceptors (Lipinski definition) is 2. The van der Waals surface area contributed by atoms with Gasteiger partial charge in [-0.2, -0.15) is 0 Å². The Morgan fingerprint density at radius 3 is 2.52 bits per heavy atom. The Bertz CT molecular complexity index is 630. The lowest BCUT2D eigenvalue weighted by molar-refractivity contribution is 0.455. The van der Waals surface area contributed by atoms with Gasteiger partial charge in [-0.05, 0) is 43.8 Å². The predicted octanol–water partition coefficient (Wildman–Crippen LogP) is 5.60. The van der Waals surface area contributed by atoms with E-state index in [-0.39, 0.29) is 11.9 Å². The van der Waals surface area contributed by atoms with Gasteiger partial charge in [0.05, 0.1) is 10.0 Å². The number of hydrogen-bond donors (Lipinski definition) is 1. The van der Waals surface area contributed by atoms with Crippen molar-refractivity contribution < 1.29 is 9.13 Å². The molecule has 0 fully saturated rings. The average Bonchev–Trinajstić information content (AvgIpc) is 2.47. The van der Waals surface area contributed by atoms with E-state index < -0.39 is 0 Å². The minimum absolute atomic E-state index is 0.0125. The van der Waals surface area contributed by atoms with Crippen molar-refractivity contribution in [3.63, 3.8) is 0 Å². The van der Waals surface area contributed by atoms with Crippen LogP contribution < -0.4 is 10.1 Å². The van der Waals surface area contributed by atoms with Gasteiger partial charge in [-0.1, -0.05) is 30.1 Å². The van der Waals surface area contributed by atoms with Crippen LogP contribution in [0.4, 0.5) is 4.39 Å². The van der Waals surface area contributed by atoms with Crippen LogP contribution in [0.25, 0.3) is 0 Å². The summed E-state index contributed by atoms with van der Waals surface area (Å²) in [5.41, 5.74) is 0.770. The molecule has 0 aliphatic rings. The summed E-state index contributed by atoms with van der Waals surface area (Å²) in [6.45, 7) is 2.02. The van der Waals surface area contributed by atoms with Crippen molar-refractivity contribution in [1.82, 2.24) is 5.32 Å². The fourth-order valence-electron chi connectivity index (χ4n) is 2.13. The number of nitrogens with one attached hydrogen (secondary N) is 1. The van der Waals surface area contributed by atoms with Gasteiger partial charge in [0, 0.05) is 17.7 Å². The van der Waals surface area contributed by atoms with Crippen molar-refractivity contribution in [1.29, 1.82) is 0 Å². The van der Waals surface area contributed by atoms with E-state index >= 15 is 0 Å². The fourth-order valence-corrected chi connectivity index (χ4v) is 2.42. The highest BCUT2D eigenvalue weighted by atomic mass is 35.5. The molecule has 0 aliphatic heterocycles. The van der Waals surface area contributed by atoms with Gasteiger partial charge >= 0.3 is 0 Å². The monoisotopic (exact) mass is 327 g/mol. The summed E-state index contributed by atoms with van der Waals surface area (Å²) in [5, 5.41) is 4.03. The molecule has 0 aliphatic carbocycles. The van der Waals surface area contributed by atoms with E-state index in [1.165, 1.54) is 12.1 Å². The Labute approximate surface area is 133 Å². The van der Waals surface area contributed by atoms with Crippen molar-refractivity contribution >= 4 is 23.2 Å². The highest BCUT2D eigenvalue weighted by molar-refractivity contribution is 6.42. The Morgan fingerprint density at radius 1 is 1.14 bits per heavy atom. The van der Waals surface area contributed by atoms with Gasteiger partial charge < -0.3 is 10.1 Å². The number of halogens is 3. The molecule has 112 valence electrons. The second-order valence-electron chi connectivity index (χ2n) is 4.61. The minimum atomic E-state index is -0.291. The molecule has 0 amide bonds. The second kappa shape index (κ2) is 7.12. The summed E-state index contributed by atoms with van der Waals surface area (Å²) in [6, 6.07) is 9.51. The number of rotatable bonds is 5. The van der Waals surface area contributed by atoms with Gasteiger partial charge in [0.2, 0.25) is 0 Å². The lowest BCUT2D eigenvalue weighted by Gasteiger charge is -2.19. The molecule has 21 heavy (non-hydrogen) atoms. The summed E-state index contributed by atoms with van der Waals surface area (Å²) in [4.78, 5) is 0. The molecule has 2 rings (SSSR count). The van der Waals surface area contributed by atoms with Crippen molar-refractivity contribution in [3.8, 4) is 11.5 Å². The lowest BCUT2D eigenvalue weighted by atomic mass is 10.0. The van der Waals surface area contributed by atoms with Gasteiger partial charge in [-0.3, -0.25) is 0 Å². The Hall–Kier alpha value is -1.29. The molecular weight excluding hydrogens is 312 g/mol. The Kier molecular flexibility index (Phi) is 5.45. The van der Waals surface area contributed by atoms with Gasteiger partial charge in [-0.25, -0.2) is 4.39 Å². The average molecular weight is 328 g/mol. The van der Waals surface area contributed by atoms with Crippen LogP contribution in [0.15, 0.2) is 36.4 Å². The SMILES string of the molecule is CCC(NC)c1cc(F)ccc1Oc1ccc(Cl)c(Cl)c1. The van der Waals surface area contributed by atoms with Crippen LogP contribution in [0.3, 0.4) is 0 Å². The number of ether oxygens (including phenoxy) is 1. The zero-order valence-corrected chi connectivity index (χ0v) is 13.3. The fraction of sp³-hybridized carbons (Fsp3) is 0.250. The first kappa shape index (κ1) is 16.1. The molecule has 2 aromatic rings. The van der Waals surface area contributed by atoms with Gasteiger partial charge in [-0.15, -0.1) is 0 Å². The van der Waals surface area contributed by atoms with E-state index in [1.807, 2.05) is 14.0 Å². The third kappa shape index (κ3) is 3.88. The second-order valence-corrected chi connectivity index (χ2v) is 5.42. The van der Waals surface area contributed by atoms with Crippen LogP contribution in [0, 0.1) is 5.82 Å². The summed E-state index contributed by atoms with van der Waals surface area (Å²) in [6.07, 6.45) is 0.817. The van der Waals surface area contributed by atoms with Crippen LogP contribution in [0.2, 0.25) is 10.0 Å². The molecule has 0 radical (unpaired) electrons. The topological polar surface area (TPSA) is 21.3 Å². The smallest absolute Gasteiger partial charge is 0.132 e. The van der Waals surface area contributed by atoms with Crippen LogP contribution >= 0.6 is 23.2 Å². The van der Waals surface area contributed by atoms with Gasteiger partial charge in [0.1, 0.15) is 17.3 Å². The maximum Gasteiger partial charge on any atom is 0.132 e. The van der Waals surface area contributed by atoms with Crippen LogP contribution in [-0.4, -0.2) is 7.05 Å². The normalized spacial score (nSPS) is 12.2. The quantitative estimate of drug-likeness (QED) is 0.772. The third-order valence-electron chi connectivity index (χ3n) is 3.22. The number of benzene rings is 2. The summed E-state index contributed by atoms with van der Waals surface area (Å²) < 4.78 is 19.3. The zero-order valence-electron chi connectivity index (χ0n) is 11.8. The molecule has 2 aromatic carbocycles. The third-order valence-corrected chi connectivity index (χ3v) is 3.96. The summed E-state index contributed by atoms with van der Waals surface area (Å²) in [7, 11) is 1.84. The maximum absolute atomic E-state index is 13.5. The minimum Gasteiger partial charge on any atom is -0.457 e. The molecule has 0 heterocycles. The molecule has 1 unspecified atom stereocenters. The van der Waals surface area contributed by atoms with E-state index in [4.69, 9.17) is 27.9 Å². The lowest BCUT2D eigenvalue weighted by Crippen LogP contribution is -2.16. The van der Waals surface area contributed by atoms with Gasteiger partial charge in [0.25, 0.3) is 0 Å². The Balaban J connectivity index is 2.36. The summed E-state index contributed by atoms with van der Waals surface area (Å²) in [5.74, 6) is 0.861. The molecule has 0 bridgehead atoms. The largest absolute Gasteiger partial charge is 0.457 e. The first-order chi connectivity index (χ1) is 10.0. The molecular formula is C16H16Cl2FNO. The molecule has 5 heteroatoms. The molecule has 0 saturated heterocycles. The molecule has 1 N–H and O–H groups in total. The van der Waals surface area contributed by atoms with Crippen LogP contribution in [0.5, 0.6) is 11.5 Å². The van der Waals surface area contributed by atoms with Crippen molar-refractivity contribution in [2.45, 2.75) is 19.4 Å². The standard InChI is InChI=1S/C16H16Cl2FNO/c1-3-15(20-2)12-8-10(19)4-7-16(12)21-11-5-6-13(17)14(18)9-11/h4-9,15,20H,3H2,1-2H3. The van der Waals surface area contributed by atoms with E-state index in [0.717, 1.165) is 12.0 Å². The van der Waals surface area contributed by atoms with Crippen LogP contribution in [-0.2, 0) is 0 Å². The van der Waals surface area contributed by atoms with E-state index in [1.54, 1.807) is 24.3 Å². The van der Waals surface area contributed by atoms with E-state index in [2.05, 4.69) is 5.32 Å². The Morgan fingerprint density at radius 2 is 1.90 bits per heavy atom. The summed E-state index contributed by atoms with van der Waals surface area (Å²) >= 11 is 11.9. The zero-order chi connectivity index (χ0) is 15.4. The highest BCUT2D eigenvalue weighted by Gasteiger charge is 2.15. The van der Waals surface area contributed by atoms with Crippen molar-refractivity contribution in [2.75, 3.05) is 7.05 Å². The van der Waals surface area contributed by atoms with E-state index in [9.17, 15) is 4.39 Å². The van der Waals surface area contributed by atoms with Crippen molar-refractivity contribution in [3.05, 3.63) is 57.8 Å². The first-order valence-corrected chi connectivity index (χ1v) is 7.40. The van der Waals surface area contributed by atoms with Crippen LogP contribution in [0.1, 0.15) is 24.9 Å².